The van der Waals surface area contributed by atoms with Crippen LogP contribution in [0.4, 0.5) is 4.79 Å². The Bertz CT molecular complexity index is 1350. The standard InChI is InChI=1S/C32H36BNO5/c1-21-15-22(18-24(16-21)36-6)17-23(33-38-31(2,3)32(4,5)39-33)19-34-30(35)37-20-29-27-13-9-7-11-25(27)26-12-8-10-14-28(26)29/h7-18,29H,19-20H2,1-6H3,(H,34,35). The van der Waals surface area contributed by atoms with E-state index in [-0.39, 0.29) is 19.1 Å². The van der Waals surface area contributed by atoms with Crippen LogP contribution in [0.2, 0.25) is 0 Å². The van der Waals surface area contributed by atoms with Crippen LogP contribution in [0.15, 0.2) is 72.2 Å². The van der Waals surface area contributed by atoms with Gasteiger partial charge in [-0.3, -0.25) is 0 Å². The van der Waals surface area contributed by atoms with Gasteiger partial charge in [0.25, 0.3) is 0 Å². The zero-order valence-corrected chi connectivity index (χ0v) is 23.5. The lowest BCUT2D eigenvalue weighted by atomic mass is 9.77. The Kier molecular flexibility index (Phi) is 7.32. The number of benzene rings is 3. The summed E-state index contributed by atoms with van der Waals surface area (Å²) in [5.74, 6) is 0.764. The Morgan fingerprint density at radius 1 is 0.949 bits per heavy atom. The number of ether oxygens (including phenoxy) is 2. The third-order valence-electron chi connectivity index (χ3n) is 8.00. The average Bonchev–Trinajstić information content (AvgIpc) is 3.33. The van der Waals surface area contributed by atoms with Gasteiger partial charge in [0.05, 0.1) is 18.3 Å². The highest BCUT2D eigenvalue weighted by atomic mass is 16.7. The fourth-order valence-electron chi connectivity index (χ4n) is 5.21. The van der Waals surface area contributed by atoms with Crippen molar-refractivity contribution in [1.29, 1.82) is 0 Å². The van der Waals surface area contributed by atoms with E-state index in [1.54, 1.807) is 7.11 Å². The van der Waals surface area contributed by atoms with Crippen LogP contribution in [-0.2, 0) is 14.0 Å². The maximum atomic E-state index is 12.9. The van der Waals surface area contributed by atoms with Crippen molar-refractivity contribution in [2.24, 2.45) is 0 Å². The van der Waals surface area contributed by atoms with Crippen molar-refractivity contribution in [2.45, 2.75) is 51.7 Å². The van der Waals surface area contributed by atoms with Crippen LogP contribution in [0.1, 0.15) is 55.9 Å². The lowest BCUT2D eigenvalue weighted by Gasteiger charge is -2.32. The van der Waals surface area contributed by atoms with Crippen molar-refractivity contribution >= 4 is 19.3 Å². The number of alkyl carbamates (subject to hydrolysis) is 1. The summed E-state index contributed by atoms with van der Waals surface area (Å²) in [5.41, 5.74) is 6.52. The van der Waals surface area contributed by atoms with Gasteiger partial charge in [0.1, 0.15) is 12.4 Å². The number of carbonyl (C=O) groups is 1. The number of nitrogens with one attached hydrogen (secondary N) is 1. The third-order valence-corrected chi connectivity index (χ3v) is 8.00. The highest BCUT2D eigenvalue weighted by Gasteiger charge is 2.52. The van der Waals surface area contributed by atoms with E-state index in [4.69, 9.17) is 18.8 Å². The Morgan fingerprint density at radius 3 is 2.13 bits per heavy atom. The monoisotopic (exact) mass is 525 g/mol. The van der Waals surface area contributed by atoms with E-state index in [0.29, 0.717) is 0 Å². The second-order valence-corrected chi connectivity index (χ2v) is 11.3. The van der Waals surface area contributed by atoms with Crippen LogP contribution in [0.3, 0.4) is 0 Å². The van der Waals surface area contributed by atoms with Crippen molar-refractivity contribution in [1.82, 2.24) is 5.32 Å². The molecule has 202 valence electrons. The number of hydrogen-bond acceptors (Lipinski definition) is 5. The second-order valence-electron chi connectivity index (χ2n) is 11.3. The summed E-state index contributed by atoms with van der Waals surface area (Å²) in [5, 5.41) is 2.93. The SMILES string of the molecule is COc1cc(C)cc(C=C(CNC(=O)OCC2c3ccccc3-c3ccccc32)B2OC(C)(C)C(C)(C)O2)c1. The third kappa shape index (κ3) is 5.47. The van der Waals surface area contributed by atoms with Crippen LogP contribution >= 0.6 is 0 Å². The number of hydrogen-bond donors (Lipinski definition) is 1. The summed E-state index contributed by atoms with van der Waals surface area (Å²) >= 11 is 0. The maximum absolute atomic E-state index is 12.9. The van der Waals surface area contributed by atoms with Crippen LogP contribution < -0.4 is 10.1 Å². The van der Waals surface area contributed by atoms with Crippen LogP contribution in [0, 0.1) is 6.92 Å². The zero-order valence-electron chi connectivity index (χ0n) is 23.5. The predicted molar refractivity (Wildman–Crippen MR) is 155 cm³/mol. The summed E-state index contributed by atoms with van der Waals surface area (Å²) in [6.45, 7) is 10.5. The number of amides is 1. The minimum atomic E-state index is -0.615. The quantitative estimate of drug-likeness (QED) is 0.354. The van der Waals surface area contributed by atoms with Gasteiger partial charge in [-0.2, -0.15) is 0 Å². The lowest BCUT2D eigenvalue weighted by Crippen LogP contribution is -2.41. The minimum Gasteiger partial charge on any atom is -0.497 e. The normalized spacial score (nSPS) is 17.5. The lowest BCUT2D eigenvalue weighted by molar-refractivity contribution is 0.00578. The second kappa shape index (κ2) is 10.6. The molecule has 0 bridgehead atoms. The van der Waals surface area contributed by atoms with Crippen LogP contribution in [-0.4, -0.2) is 44.7 Å². The molecular weight excluding hydrogens is 489 g/mol. The number of aryl methyl sites for hydroxylation is 1. The highest BCUT2D eigenvalue weighted by Crippen LogP contribution is 2.44. The Morgan fingerprint density at radius 2 is 1.54 bits per heavy atom. The number of carbonyl (C=O) groups excluding carboxylic acids is 1. The highest BCUT2D eigenvalue weighted by molar-refractivity contribution is 6.56. The summed E-state index contributed by atoms with van der Waals surface area (Å²) in [6, 6.07) is 22.6. The molecule has 6 nitrogen and oxygen atoms in total. The topological polar surface area (TPSA) is 66.0 Å². The van der Waals surface area contributed by atoms with Crippen LogP contribution in [0.25, 0.3) is 17.2 Å². The first-order valence-electron chi connectivity index (χ1n) is 13.4. The van der Waals surface area contributed by atoms with Crippen LogP contribution in [0.5, 0.6) is 5.75 Å². The molecule has 1 fully saturated rings. The van der Waals surface area contributed by atoms with Crippen molar-refractivity contribution in [3.63, 3.8) is 0 Å². The molecule has 5 rings (SSSR count). The fourth-order valence-corrected chi connectivity index (χ4v) is 5.21. The first-order chi connectivity index (χ1) is 18.6. The molecule has 1 aliphatic heterocycles. The van der Waals surface area contributed by atoms with E-state index in [1.165, 1.54) is 22.3 Å². The number of methoxy groups -OCH3 is 1. The van der Waals surface area contributed by atoms with Gasteiger partial charge in [-0.1, -0.05) is 60.7 Å². The van der Waals surface area contributed by atoms with E-state index < -0.39 is 24.4 Å². The van der Waals surface area contributed by atoms with Gasteiger partial charge in [-0.25, -0.2) is 4.79 Å². The summed E-state index contributed by atoms with van der Waals surface area (Å²) < 4.78 is 23.9. The van der Waals surface area contributed by atoms with Crippen molar-refractivity contribution < 1.29 is 23.6 Å². The van der Waals surface area contributed by atoms with Gasteiger partial charge in [-0.05, 0) is 85.6 Å². The maximum Gasteiger partial charge on any atom is 0.492 e. The number of fused-ring (bicyclic) bond motifs is 3. The summed E-state index contributed by atoms with van der Waals surface area (Å²) in [4.78, 5) is 12.9. The van der Waals surface area contributed by atoms with E-state index in [2.05, 4.69) is 35.6 Å². The first-order valence-corrected chi connectivity index (χ1v) is 13.4. The van der Waals surface area contributed by atoms with E-state index in [0.717, 1.165) is 22.3 Å². The van der Waals surface area contributed by atoms with Gasteiger partial charge in [0, 0.05) is 12.5 Å². The Labute approximate surface area is 231 Å². The average molecular weight is 525 g/mol. The van der Waals surface area contributed by atoms with Gasteiger partial charge >= 0.3 is 13.2 Å². The largest absolute Gasteiger partial charge is 0.497 e. The molecule has 0 aromatic heterocycles. The molecule has 1 saturated heterocycles. The Hall–Kier alpha value is -3.55. The van der Waals surface area contributed by atoms with Crippen molar-refractivity contribution in [3.8, 4) is 16.9 Å². The summed E-state index contributed by atoms with van der Waals surface area (Å²) in [6.07, 6.45) is 1.50. The first kappa shape index (κ1) is 27.0. The van der Waals surface area contributed by atoms with E-state index in [1.807, 2.05) is 77.1 Å². The molecule has 0 spiro atoms. The van der Waals surface area contributed by atoms with Gasteiger partial charge in [0.2, 0.25) is 0 Å². The molecular formula is C32H36BNO5. The van der Waals surface area contributed by atoms with Gasteiger partial charge < -0.3 is 24.1 Å². The minimum absolute atomic E-state index is 0.000943. The fraction of sp³-hybridized carbons (Fsp3) is 0.344. The van der Waals surface area contributed by atoms with Crippen molar-refractivity contribution in [3.05, 3.63) is 94.5 Å². The molecule has 1 N–H and O–H groups in total. The molecule has 0 atom stereocenters. The smallest absolute Gasteiger partial charge is 0.492 e. The Balaban J connectivity index is 1.32. The molecule has 1 heterocycles. The molecule has 0 radical (unpaired) electrons. The molecule has 39 heavy (non-hydrogen) atoms. The van der Waals surface area contributed by atoms with E-state index >= 15 is 0 Å². The van der Waals surface area contributed by atoms with Gasteiger partial charge in [-0.15, -0.1) is 0 Å². The molecule has 3 aromatic rings. The number of rotatable bonds is 7. The zero-order chi connectivity index (χ0) is 27.8. The molecule has 0 saturated carbocycles. The van der Waals surface area contributed by atoms with E-state index in [9.17, 15) is 4.79 Å². The predicted octanol–water partition coefficient (Wildman–Crippen LogP) is 6.56. The molecule has 7 heteroatoms. The van der Waals surface area contributed by atoms with Crippen molar-refractivity contribution in [2.75, 3.05) is 20.3 Å². The molecule has 1 amide bonds. The van der Waals surface area contributed by atoms with Gasteiger partial charge in [0.15, 0.2) is 0 Å². The summed E-state index contributed by atoms with van der Waals surface area (Å²) in [7, 11) is 1.03. The molecule has 2 aliphatic rings. The molecule has 3 aromatic carbocycles. The molecule has 1 aliphatic carbocycles. The molecule has 0 unspecified atom stereocenters.